The first kappa shape index (κ1) is 19.4. The highest BCUT2D eigenvalue weighted by Gasteiger charge is 2.33. The van der Waals surface area contributed by atoms with E-state index in [1.807, 2.05) is 24.3 Å². The highest BCUT2D eigenvalue weighted by atomic mass is 32.2. The van der Waals surface area contributed by atoms with E-state index in [1.165, 1.54) is 26.2 Å². The number of benzene rings is 2. The first-order valence-corrected chi connectivity index (χ1v) is 10.2. The van der Waals surface area contributed by atoms with Gasteiger partial charge in [-0.25, -0.2) is 12.7 Å². The van der Waals surface area contributed by atoms with Gasteiger partial charge in [-0.2, -0.15) is 0 Å². The van der Waals surface area contributed by atoms with E-state index >= 15 is 0 Å². The minimum atomic E-state index is -3.51. The van der Waals surface area contributed by atoms with Crippen LogP contribution in [-0.4, -0.2) is 39.8 Å². The monoisotopic (exact) mass is 388 g/mol. The Morgan fingerprint density at radius 3 is 2.15 bits per heavy atom. The standard InChI is InChI=1S/C20H24N2O4S/c1-22(2)27(24,25)18-12-8-16(9-13-18)20(23)21-19(14-4-5-14)15-6-10-17(26-3)11-7-15/h6-14,19H,4-5H2,1-3H3,(H,21,23). The van der Waals surface area contributed by atoms with Gasteiger partial charge in [0.15, 0.2) is 0 Å². The third kappa shape index (κ3) is 4.31. The minimum absolute atomic E-state index is 0.0615. The number of hydrogen-bond donors (Lipinski definition) is 1. The fourth-order valence-corrected chi connectivity index (χ4v) is 3.83. The number of sulfonamides is 1. The molecule has 2 aromatic carbocycles. The van der Waals surface area contributed by atoms with E-state index in [1.54, 1.807) is 19.2 Å². The maximum absolute atomic E-state index is 12.7. The van der Waals surface area contributed by atoms with Gasteiger partial charge in [-0.1, -0.05) is 12.1 Å². The predicted octanol–water partition coefficient (Wildman–Crippen LogP) is 2.83. The lowest BCUT2D eigenvalue weighted by atomic mass is 10.0. The second kappa shape index (κ2) is 7.70. The normalized spacial score (nSPS) is 15.4. The number of nitrogens with zero attached hydrogens (tertiary/aromatic N) is 1. The number of carbonyl (C=O) groups excluding carboxylic acids is 1. The molecule has 0 aromatic heterocycles. The molecule has 1 saturated carbocycles. The summed E-state index contributed by atoms with van der Waals surface area (Å²) in [5, 5.41) is 3.09. The fourth-order valence-electron chi connectivity index (χ4n) is 2.93. The van der Waals surface area contributed by atoms with Gasteiger partial charge in [0.25, 0.3) is 5.91 Å². The highest BCUT2D eigenvalue weighted by Crippen LogP contribution is 2.41. The van der Waals surface area contributed by atoms with Gasteiger partial charge in [0, 0.05) is 19.7 Å². The summed E-state index contributed by atoms with van der Waals surface area (Å²) in [6.45, 7) is 0. The lowest BCUT2D eigenvalue weighted by Gasteiger charge is -2.19. The molecule has 0 bridgehead atoms. The average molecular weight is 388 g/mol. The lowest BCUT2D eigenvalue weighted by molar-refractivity contribution is 0.0931. The van der Waals surface area contributed by atoms with E-state index in [2.05, 4.69) is 5.32 Å². The zero-order valence-electron chi connectivity index (χ0n) is 15.7. The predicted molar refractivity (Wildman–Crippen MR) is 103 cm³/mol. The topological polar surface area (TPSA) is 75.7 Å². The van der Waals surface area contributed by atoms with Crippen LogP contribution >= 0.6 is 0 Å². The Labute approximate surface area is 160 Å². The zero-order chi connectivity index (χ0) is 19.6. The van der Waals surface area contributed by atoms with Gasteiger partial charge >= 0.3 is 0 Å². The Kier molecular flexibility index (Phi) is 5.53. The molecule has 0 aliphatic heterocycles. The summed E-state index contributed by atoms with van der Waals surface area (Å²) in [7, 11) is 1.07. The minimum Gasteiger partial charge on any atom is -0.497 e. The zero-order valence-corrected chi connectivity index (χ0v) is 16.5. The van der Waals surface area contributed by atoms with Crippen LogP contribution in [0.25, 0.3) is 0 Å². The molecule has 1 fully saturated rings. The average Bonchev–Trinajstić information content (AvgIpc) is 3.51. The smallest absolute Gasteiger partial charge is 0.251 e. The number of amides is 1. The molecule has 7 heteroatoms. The van der Waals surface area contributed by atoms with Crippen LogP contribution in [0.5, 0.6) is 5.75 Å². The van der Waals surface area contributed by atoms with Gasteiger partial charge in [0.2, 0.25) is 10.0 Å². The summed E-state index contributed by atoms with van der Waals surface area (Å²) in [5.41, 5.74) is 1.48. The lowest BCUT2D eigenvalue weighted by Crippen LogP contribution is -2.30. The summed E-state index contributed by atoms with van der Waals surface area (Å²) >= 11 is 0. The van der Waals surface area contributed by atoms with Gasteiger partial charge < -0.3 is 10.1 Å². The summed E-state index contributed by atoms with van der Waals surface area (Å²) in [4.78, 5) is 12.8. The Balaban J connectivity index is 1.76. The quantitative estimate of drug-likeness (QED) is 0.791. The van der Waals surface area contributed by atoms with E-state index in [4.69, 9.17) is 4.74 Å². The van der Waals surface area contributed by atoms with E-state index in [0.29, 0.717) is 11.5 Å². The van der Waals surface area contributed by atoms with E-state index < -0.39 is 10.0 Å². The van der Waals surface area contributed by atoms with Crippen molar-refractivity contribution in [1.29, 1.82) is 0 Å². The van der Waals surface area contributed by atoms with Crippen LogP contribution in [0.2, 0.25) is 0 Å². The Bertz CT molecular complexity index is 902. The van der Waals surface area contributed by atoms with Gasteiger partial charge in [-0.05, 0) is 60.7 Å². The van der Waals surface area contributed by atoms with Gasteiger partial charge in [0.05, 0.1) is 18.0 Å². The van der Waals surface area contributed by atoms with Crippen LogP contribution in [0.1, 0.15) is 34.8 Å². The van der Waals surface area contributed by atoms with Crippen LogP contribution < -0.4 is 10.1 Å². The van der Waals surface area contributed by atoms with Gasteiger partial charge in [-0.3, -0.25) is 4.79 Å². The molecule has 0 radical (unpaired) electrons. The van der Waals surface area contributed by atoms with Gasteiger partial charge in [0.1, 0.15) is 5.75 Å². The molecule has 1 N–H and O–H groups in total. The van der Waals surface area contributed by atoms with E-state index in [-0.39, 0.29) is 16.8 Å². The van der Waals surface area contributed by atoms with E-state index in [9.17, 15) is 13.2 Å². The second-order valence-electron chi connectivity index (χ2n) is 6.87. The third-order valence-corrected chi connectivity index (χ3v) is 6.58. The van der Waals surface area contributed by atoms with Crippen molar-refractivity contribution in [3.63, 3.8) is 0 Å². The first-order chi connectivity index (χ1) is 12.8. The maximum atomic E-state index is 12.7. The third-order valence-electron chi connectivity index (χ3n) is 4.75. The molecule has 6 nitrogen and oxygen atoms in total. The van der Waals surface area contributed by atoms with Crippen molar-refractivity contribution in [3.05, 3.63) is 59.7 Å². The van der Waals surface area contributed by atoms with Crippen molar-refractivity contribution in [2.24, 2.45) is 5.92 Å². The number of ether oxygens (including phenoxy) is 1. The maximum Gasteiger partial charge on any atom is 0.251 e. The molecule has 0 spiro atoms. The molecule has 1 unspecified atom stereocenters. The number of nitrogens with one attached hydrogen (secondary N) is 1. The van der Waals surface area contributed by atoms with Crippen LogP contribution in [0, 0.1) is 5.92 Å². The molecule has 1 aliphatic rings. The van der Waals surface area contributed by atoms with Crippen molar-refractivity contribution in [2.75, 3.05) is 21.2 Å². The van der Waals surface area contributed by atoms with Crippen molar-refractivity contribution in [1.82, 2.24) is 9.62 Å². The summed E-state index contributed by atoms with van der Waals surface area (Å²) in [6, 6.07) is 13.7. The number of carbonyl (C=O) groups is 1. The Morgan fingerprint density at radius 1 is 1.07 bits per heavy atom. The van der Waals surface area contributed by atoms with E-state index in [0.717, 1.165) is 28.5 Å². The molecule has 0 saturated heterocycles. The first-order valence-electron chi connectivity index (χ1n) is 8.80. The van der Waals surface area contributed by atoms with Crippen LogP contribution in [0.4, 0.5) is 0 Å². The molecule has 2 aromatic rings. The molecule has 3 rings (SSSR count). The highest BCUT2D eigenvalue weighted by molar-refractivity contribution is 7.89. The molecule has 1 amide bonds. The molecular weight excluding hydrogens is 364 g/mol. The Hall–Kier alpha value is -2.38. The Morgan fingerprint density at radius 2 is 1.67 bits per heavy atom. The van der Waals surface area contributed by atoms with Crippen LogP contribution in [0.15, 0.2) is 53.4 Å². The molecular formula is C20H24N2O4S. The molecule has 1 aliphatic carbocycles. The summed E-state index contributed by atoms with van der Waals surface area (Å²) in [6.07, 6.45) is 2.16. The molecule has 0 heterocycles. The van der Waals surface area contributed by atoms with Crippen LogP contribution in [0.3, 0.4) is 0 Å². The van der Waals surface area contributed by atoms with Gasteiger partial charge in [-0.15, -0.1) is 0 Å². The second-order valence-corrected chi connectivity index (χ2v) is 9.03. The number of hydrogen-bond acceptors (Lipinski definition) is 4. The number of rotatable bonds is 7. The van der Waals surface area contributed by atoms with Crippen molar-refractivity contribution < 1.29 is 17.9 Å². The summed E-state index contributed by atoms with van der Waals surface area (Å²) < 4.78 is 30.6. The fraction of sp³-hybridized carbons (Fsp3) is 0.350. The SMILES string of the molecule is COc1ccc(C(NC(=O)c2ccc(S(=O)(=O)N(C)C)cc2)C2CC2)cc1. The summed E-state index contributed by atoms with van der Waals surface area (Å²) in [5.74, 6) is 0.990. The number of methoxy groups -OCH3 is 1. The van der Waals surface area contributed by atoms with Crippen molar-refractivity contribution in [3.8, 4) is 5.75 Å². The van der Waals surface area contributed by atoms with Crippen molar-refractivity contribution in [2.45, 2.75) is 23.8 Å². The largest absolute Gasteiger partial charge is 0.497 e. The molecule has 27 heavy (non-hydrogen) atoms. The molecule has 144 valence electrons. The van der Waals surface area contributed by atoms with Crippen molar-refractivity contribution >= 4 is 15.9 Å². The molecule has 1 atom stereocenters. The van der Waals surface area contributed by atoms with Crippen LogP contribution in [-0.2, 0) is 10.0 Å².